The molecular formula is C18H27Br3O2. The lowest BCUT2D eigenvalue weighted by Crippen LogP contribution is -1.98. The number of alkyl halides is 1. The van der Waals surface area contributed by atoms with Crippen molar-refractivity contribution in [2.45, 2.75) is 64.2 Å². The summed E-state index contributed by atoms with van der Waals surface area (Å²) in [5, 5.41) is 10.7. The van der Waals surface area contributed by atoms with Crippen molar-refractivity contribution < 1.29 is 9.84 Å². The van der Waals surface area contributed by atoms with Crippen LogP contribution in [-0.2, 0) is 0 Å². The van der Waals surface area contributed by atoms with Crippen LogP contribution in [0.15, 0.2) is 21.1 Å². The molecule has 23 heavy (non-hydrogen) atoms. The molecule has 0 fully saturated rings. The first kappa shape index (κ1) is 21.3. The van der Waals surface area contributed by atoms with Crippen LogP contribution in [0.4, 0.5) is 0 Å². The normalized spacial score (nSPS) is 10.9. The molecule has 0 aliphatic carbocycles. The number of aromatic hydroxyl groups is 1. The van der Waals surface area contributed by atoms with Crippen LogP contribution >= 0.6 is 47.8 Å². The predicted octanol–water partition coefficient (Wildman–Crippen LogP) is 7.59. The molecular weight excluding hydrogens is 488 g/mol. The van der Waals surface area contributed by atoms with Gasteiger partial charge in [0.25, 0.3) is 0 Å². The second kappa shape index (κ2) is 13.5. The van der Waals surface area contributed by atoms with Crippen LogP contribution in [0.1, 0.15) is 64.2 Å². The smallest absolute Gasteiger partial charge is 0.134 e. The van der Waals surface area contributed by atoms with Crippen LogP contribution in [0.3, 0.4) is 0 Å². The first-order valence-corrected chi connectivity index (χ1v) is 11.2. The highest BCUT2D eigenvalue weighted by Crippen LogP contribution is 2.35. The average Bonchev–Trinajstić information content (AvgIpc) is 2.53. The Kier molecular flexibility index (Phi) is 12.5. The Labute approximate surface area is 165 Å². The van der Waals surface area contributed by atoms with Gasteiger partial charge in [-0.25, -0.2) is 0 Å². The fourth-order valence-electron chi connectivity index (χ4n) is 2.42. The largest absolute Gasteiger partial charge is 0.507 e. The van der Waals surface area contributed by atoms with Crippen molar-refractivity contribution >= 4 is 47.8 Å². The number of benzene rings is 1. The monoisotopic (exact) mass is 512 g/mol. The molecule has 132 valence electrons. The summed E-state index contributed by atoms with van der Waals surface area (Å²) >= 11 is 10.2. The van der Waals surface area contributed by atoms with Gasteiger partial charge >= 0.3 is 0 Å². The summed E-state index contributed by atoms with van der Waals surface area (Å²) in [6, 6.07) is 3.45. The van der Waals surface area contributed by atoms with Crippen molar-refractivity contribution in [3.8, 4) is 11.5 Å². The number of halogens is 3. The van der Waals surface area contributed by atoms with Gasteiger partial charge in [-0.2, -0.15) is 0 Å². The molecule has 0 heterocycles. The first-order valence-electron chi connectivity index (χ1n) is 8.52. The molecule has 0 bridgehead atoms. The van der Waals surface area contributed by atoms with Gasteiger partial charge in [-0.15, -0.1) is 0 Å². The van der Waals surface area contributed by atoms with Crippen LogP contribution in [0.5, 0.6) is 11.5 Å². The highest BCUT2D eigenvalue weighted by molar-refractivity contribution is 9.11. The molecule has 5 heteroatoms. The van der Waals surface area contributed by atoms with Crippen molar-refractivity contribution in [2.75, 3.05) is 11.9 Å². The molecule has 0 amide bonds. The van der Waals surface area contributed by atoms with E-state index in [2.05, 4.69) is 47.8 Å². The topological polar surface area (TPSA) is 29.5 Å². The van der Waals surface area contributed by atoms with E-state index in [9.17, 15) is 5.11 Å². The summed E-state index contributed by atoms with van der Waals surface area (Å²) in [4.78, 5) is 0. The summed E-state index contributed by atoms with van der Waals surface area (Å²) in [5.74, 6) is 0.995. The maximum absolute atomic E-state index is 9.56. The predicted molar refractivity (Wildman–Crippen MR) is 109 cm³/mol. The number of rotatable bonds is 13. The maximum atomic E-state index is 9.56. The second-order valence-electron chi connectivity index (χ2n) is 5.81. The quantitative estimate of drug-likeness (QED) is 0.217. The van der Waals surface area contributed by atoms with Gasteiger partial charge < -0.3 is 9.84 Å². The molecule has 0 saturated carbocycles. The minimum absolute atomic E-state index is 0.219. The van der Waals surface area contributed by atoms with Crippen molar-refractivity contribution in [3.63, 3.8) is 0 Å². The van der Waals surface area contributed by atoms with Crippen LogP contribution in [-0.4, -0.2) is 17.0 Å². The van der Waals surface area contributed by atoms with Gasteiger partial charge in [-0.3, -0.25) is 0 Å². The van der Waals surface area contributed by atoms with E-state index in [1.165, 1.54) is 57.8 Å². The summed E-state index contributed by atoms with van der Waals surface area (Å²) in [6.07, 6.45) is 13.1. The molecule has 0 aliphatic heterocycles. The molecule has 1 aromatic carbocycles. The third kappa shape index (κ3) is 9.98. The molecule has 0 radical (unpaired) electrons. The third-order valence-corrected chi connectivity index (χ3v) is 5.60. The first-order chi connectivity index (χ1) is 11.1. The zero-order valence-corrected chi connectivity index (χ0v) is 18.4. The van der Waals surface area contributed by atoms with Gasteiger partial charge in [-0.1, -0.05) is 67.3 Å². The lowest BCUT2D eigenvalue weighted by molar-refractivity contribution is 0.301. The zero-order chi connectivity index (χ0) is 16.9. The van der Waals surface area contributed by atoms with E-state index in [4.69, 9.17) is 4.74 Å². The van der Waals surface area contributed by atoms with Crippen molar-refractivity contribution in [1.29, 1.82) is 0 Å². The molecule has 0 atom stereocenters. The Bertz CT molecular complexity index is 439. The molecule has 0 aromatic heterocycles. The van der Waals surface area contributed by atoms with E-state index in [1.54, 1.807) is 12.1 Å². The Balaban J connectivity index is 1.97. The number of hydrogen-bond acceptors (Lipinski definition) is 2. The van der Waals surface area contributed by atoms with E-state index in [0.717, 1.165) is 28.6 Å². The highest BCUT2D eigenvalue weighted by Gasteiger charge is 2.06. The molecule has 1 N–H and O–H groups in total. The van der Waals surface area contributed by atoms with E-state index in [0.29, 0.717) is 4.47 Å². The Hall–Kier alpha value is 0.260. The average molecular weight is 515 g/mol. The lowest BCUT2D eigenvalue weighted by atomic mass is 10.1. The minimum Gasteiger partial charge on any atom is -0.507 e. The maximum Gasteiger partial charge on any atom is 0.134 e. The van der Waals surface area contributed by atoms with E-state index in [1.807, 2.05) is 0 Å². The van der Waals surface area contributed by atoms with Crippen LogP contribution in [0.2, 0.25) is 0 Å². The summed E-state index contributed by atoms with van der Waals surface area (Å²) in [7, 11) is 0. The van der Waals surface area contributed by atoms with Crippen molar-refractivity contribution in [2.24, 2.45) is 0 Å². The van der Waals surface area contributed by atoms with E-state index >= 15 is 0 Å². The van der Waals surface area contributed by atoms with Crippen molar-refractivity contribution in [1.82, 2.24) is 0 Å². The number of ether oxygens (including phenoxy) is 1. The van der Waals surface area contributed by atoms with Gasteiger partial charge in [0.2, 0.25) is 0 Å². The van der Waals surface area contributed by atoms with E-state index in [-0.39, 0.29) is 5.75 Å². The molecule has 0 aliphatic rings. The van der Waals surface area contributed by atoms with Crippen LogP contribution in [0.25, 0.3) is 0 Å². The molecule has 2 nitrogen and oxygen atoms in total. The van der Waals surface area contributed by atoms with Crippen LogP contribution in [0, 0.1) is 0 Å². The zero-order valence-electron chi connectivity index (χ0n) is 13.6. The van der Waals surface area contributed by atoms with Gasteiger partial charge in [0.1, 0.15) is 11.5 Å². The Morgan fingerprint density at radius 3 is 1.83 bits per heavy atom. The lowest BCUT2D eigenvalue weighted by Gasteiger charge is -2.09. The molecule has 1 aromatic rings. The third-order valence-electron chi connectivity index (χ3n) is 3.79. The van der Waals surface area contributed by atoms with Gasteiger partial charge in [0, 0.05) is 5.33 Å². The van der Waals surface area contributed by atoms with Gasteiger partial charge in [-0.05, 0) is 56.8 Å². The Morgan fingerprint density at radius 2 is 1.26 bits per heavy atom. The summed E-state index contributed by atoms with van der Waals surface area (Å²) < 4.78 is 7.21. The molecule has 0 spiro atoms. The fraction of sp³-hybridized carbons (Fsp3) is 0.667. The molecule has 1 rings (SSSR count). The standard InChI is InChI=1S/C18H27Br3O2/c19-11-9-7-5-3-1-2-4-6-8-10-12-23-18-14-15(20)17(22)13-16(18)21/h13-14,22H,1-12H2. The van der Waals surface area contributed by atoms with Gasteiger partial charge in [0.05, 0.1) is 15.6 Å². The van der Waals surface area contributed by atoms with Gasteiger partial charge in [0.15, 0.2) is 0 Å². The molecule has 0 unspecified atom stereocenters. The SMILES string of the molecule is Oc1cc(Br)c(OCCCCCCCCCCCCBr)cc1Br. The van der Waals surface area contributed by atoms with Crippen molar-refractivity contribution in [3.05, 3.63) is 21.1 Å². The summed E-state index contributed by atoms with van der Waals surface area (Å²) in [6.45, 7) is 0.725. The number of phenolic OH excluding ortho intramolecular Hbond substituents is 1. The van der Waals surface area contributed by atoms with E-state index < -0.39 is 0 Å². The number of hydrogen-bond donors (Lipinski definition) is 1. The number of phenols is 1. The summed E-state index contributed by atoms with van der Waals surface area (Å²) in [5.41, 5.74) is 0. The second-order valence-corrected chi connectivity index (χ2v) is 8.31. The Morgan fingerprint density at radius 1 is 0.739 bits per heavy atom. The van der Waals surface area contributed by atoms with Crippen LogP contribution < -0.4 is 4.74 Å². The highest BCUT2D eigenvalue weighted by atomic mass is 79.9. The molecule has 0 saturated heterocycles. The fourth-order valence-corrected chi connectivity index (χ4v) is 3.59. The number of unbranched alkanes of at least 4 members (excludes halogenated alkanes) is 9. The minimum atomic E-state index is 0.219.